The summed E-state index contributed by atoms with van der Waals surface area (Å²) < 4.78 is 5.79. The van der Waals surface area contributed by atoms with Crippen LogP contribution in [0.5, 0.6) is 0 Å². The second kappa shape index (κ2) is 3.69. The van der Waals surface area contributed by atoms with Crippen molar-refractivity contribution in [1.29, 1.82) is 0 Å². The van der Waals surface area contributed by atoms with Gasteiger partial charge in [-0.3, -0.25) is 4.79 Å². The number of carbonyl (C=O) groups excluding carboxylic acids is 1. The predicted molar refractivity (Wildman–Crippen MR) is 72.5 cm³/mol. The summed E-state index contributed by atoms with van der Waals surface area (Å²) >= 11 is 5.88. The molecule has 1 aliphatic carbocycles. The van der Waals surface area contributed by atoms with Crippen molar-refractivity contribution in [3.63, 3.8) is 0 Å². The van der Waals surface area contributed by atoms with Gasteiger partial charge in [0.05, 0.1) is 0 Å². The third kappa shape index (κ3) is 1.50. The van der Waals surface area contributed by atoms with Crippen LogP contribution in [0, 0.1) is 0 Å². The number of hydrogen-bond donors (Lipinski definition) is 0. The Morgan fingerprint density at radius 1 is 1.11 bits per heavy atom. The maximum atomic E-state index is 12.5. The van der Waals surface area contributed by atoms with E-state index in [0.717, 1.165) is 16.7 Å². The molecule has 1 saturated heterocycles. The van der Waals surface area contributed by atoms with Crippen molar-refractivity contribution in [3.8, 4) is 0 Å². The number of halogens is 1. The van der Waals surface area contributed by atoms with E-state index in [9.17, 15) is 4.79 Å². The third-order valence-electron chi connectivity index (χ3n) is 3.97. The van der Waals surface area contributed by atoms with Gasteiger partial charge in [0.25, 0.3) is 0 Å². The Hall–Kier alpha value is -1.64. The molecule has 4 rings (SSSR count). The summed E-state index contributed by atoms with van der Waals surface area (Å²) in [6.45, 7) is 0. The minimum atomic E-state index is -0.655. The SMILES string of the molecule is O=C1c2ccccc2C[C@]12O[C@@H]2c1ccc(Cl)cc1. The predicted octanol–water partition coefficient (Wildman–Crippen LogP) is 3.59. The minimum Gasteiger partial charge on any atom is -0.352 e. The molecule has 94 valence electrons. The van der Waals surface area contributed by atoms with E-state index in [2.05, 4.69) is 0 Å². The van der Waals surface area contributed by atoms with Gasteiger partial charge in [-0.05, 0) is 23.3 Å². The standard InChI is InChI=1S/C16H11ClO2/c17-12-7-5-10(6-8-12)15-16(19-15)9-11-3-1-2-4-13(11)14(16)18/h1-8,15H,9H2/t15-,16+/m1/s1. The summed E-state index contributed by atoms with van der Waals surface area (Å²) in [5, 5.41) is 0.694. The summed E-state index contributed by atoms with van der Waals surface area (Å²) in [6.07, 6.45) is 0.541. The lowest BCUT2D eigenvalue weighted by Crippen LogP contribution is -2.20. The molecule has 0 amide bonds. The number of ether oxygens (including phenoxy) is 1. The van der Waals surface area contributed by atoms with Crippen molar-refractivity contribution in [2.24, 2.45) is 0 Å². The lowest BCUT2D eigenvalue weighted by Gasteiger charge is -2.01. The van der Waals surface area contributed by atoms with Crippen molar-refractivity contribution in [2.45, 2.75) is 18.1 Å². The van der Waals surface area contributed by atoms with Gasteiger partial charge in [0.2, 0.25) is 0 Å². The zero-order valence-electron chi connectivity index (χ0n) is 10.1. The highest BCUT2D eigenvalue weighted by molar-refractivity contribution is 6.30. The first-order valence-corrected chi connectivity index (χ1v) is 6.64. The molecular formula is C16H11ClO2. The normalized spacial score (nSPS) is 27.6. The van der Waals surface area contributed by atoms with Gasteiger partial charge in [-0.15, -0.1) is 0 Å². The van der Waals surface area contributed by atoms with Gasteiger partial charge < -0.3 is 4.74 Å². The number of epoxide rings is 1. The molecule has 2 aromatic rings. The zero-order chi connectivity index (χ0) is 13.0. The summed E-state index contributed by atoms with van der Waals surface area (Å²) in [6, 6.07) is 15.3. The fourth-order valence-corrected chi connectivity index (χ4v) is 3.07. The maximum Gasteiger partial charge on any atom is 0.198 e. The Morgan fingerprint density at radius 2 is 1.84 bits per heavy atom. The molecule has 1 heterocycles. The minimum absolute atomic E-state index is 0.114. The van der Waals surface area contributed by atoms with E-state index in [1.54, 1.807) is 0 Å². The smallest absolute Gasteiger partial charge is 0.198 e. The van der Waals surface area contributed by atoms with Gasteiger partial charge >= 0.3 is 0 Å². The molecule has 0 unspecified atom stereocenters. The Kier molecular flexibility index (Phi) is 2.17. The fourth-order valence-electron chi connectivity index (χ4n) is 2.95. The first-order chi connectivity index (χ1) is 9.21. The highest BCUT2D eigenvalue weighted by Crippen LogP contribution is 2.56. The monoisotopic (exact) mass is 270 g/mol. The van der Waals surface area contributed by atoms with E-state index in [1.807, 2.05) is 48.5 Å². The molecule has 2 nitrogen and oxygen atoms in total. The molecular weight excluding hydrogens is 260 g/mol. The fraction of sp³-hybridized carbons (Fsp3) is 0.188. The topological polar surface area (TPSA) is 29.6 Å². The number of ketones is 1. The van der Waals surface area contributed by atoms with Gasteiger partial charge in [-0.1, -0.05) is 48.0 Å². The van der Waals surface area contributed by atoms with Gasteiger partial charge in [0.15, 0.2) is 11.4 Å². The van der Waals surface area contributed by atoms with E-state index in [-0.39, 0.29) is 11.9 Å². The summed E-state index contributed by atoms with van der Waals surface area (Å²) in [5.41, 5.74) is 2.26. The van der Waals surface area contributed by atoms with Crippen molar-refractivity contribution in [1.82, 2.24) is 0 Å². The van der Waals surface area contributed by atoms with Crippen molar-refractivity contribution < 1.29 is 9.53 Å². The Morgan fingerprint density at radius 3 is 2.58 bits per heavy atom. The quantitative estimate of drug-likeness (QED) is 0.741. The van der Waals surface area contributed by atoms with Crippen LogP contribution >= 0.6 is 11.6 Å². The molecule has 2 aromatic carbocycles. The molecule has 19 heavy (non-hydrogen) atoms. The molecule has 1 spiro atoms. The molecule has 0 N–H and O–H groups in total. The van der Waals surface area contributed by atoms with Crippen molar-refractivity contribution in [3.05, 3.63) is 70.2 Å². The number of fused-ring (bicyclic) bond motifs is 1. The average Bonchev–Trinajstić information content (AvgIpc) is 3.07. The molecule has 2 aliphatic rings. The number of benzene rings is 2. The van der Waals surface area contributed by atoms with Gasteiger partial charge in [0.1, 0.15) is 6.10 Å². The molecule has 0 radical (unpaired) electrons. The molecule has 1 aliphatic heterocycles. The third-order valence-corrected chi connectivity index (χ3v) is 4.22. The van der Waals surface area contributed by atoms with Crippen LogP contribution in [0.3, 0.4) is 0 Å². The summed E-state index contributed by atoms with van der Waals surface area (Å²) in [5.74, 6) is 0.114. The van der Waals surface area contributed by atoms with Crippen LogP contribution in [0.4, 0.5) is 0 Å². The largest absolute Gasteiger partial charge is 0.352 e. The second-order valence-electron chi connectivity index (χ2n) is 5.10. The maximum absolute atomic E-state index is 12.5. The Bertz CT molecular complexity index is 677. The molecule has 0 saturated carbocycles. The van der Waals surface area contributed by atoms with Crippen LogP contribution in [0.25, 0.3) is 0 Å². The lowest BCUT2D eigenvalue weighted by molar-refractivity contribution is 0.0894. The number of carbonyl (C=O) groups is 1. The van der Waals surface area contributed by atoms with Crippen LogP contribution in [0.1, 0.15) is 27.6 Å². The Balaban J connectivity index is 1.70. The van der Waals surface area contributed by atoms with Crippen molar-refractivity contribution in [2.75, 3.05) is 0 Å². The molecule has 0 aromatic heterocycles. The number of hydrogen-bond acceptors (Lipinski definition) is 2. The first-order valence-electron chi connectivity index (χ1n) is 6.27. The molecule has 3 heteroatoms. The second-order valence-corrected chi connectivity index (χ2v) is 5.54. The van der Waals surface area contributed by atoms with Crippen LogP contribution in [-0.2, 0) is 11.2 Å². The van der Waals surface area contributed by atoms with E-state index in [1.165, 1.54) is 0 Å². The van der Waals surface area contributed by atoms with E-state index in [4.69, 9.17) is 16.3 Å². The van der Waals surface area contributed by atoms with Gasteiger partial charge in [0, 0.05) is 17.0 Å². The lowest BCUT2D eigenvalue weighted by atomic mass is 9.96. The van der Waals surface area contributed by atoms with Gasteiger partial charge in [-0.25, -0.2) is 0 Å². The van der Waals surface area contributed by atoms with Crippen LogP contribution in [-0.4, -0.2) is 11.4 Å². The average molecular weight is 271 g/mol. The summed E-state index contributed by atoms with van der Waals surface area (Å²) in [4.78, 5) is 12.5. The van der Waals surface area contributed by atoms with Gasteiger partial charge in [-0.2, -0.15) is 0 Å². The highest BCUT2D eigenvalue weighted by atomic mass is 35.5. The molecule has 2 atom stereocenters. The number of rotatable bonds is 1. The van der Waals surface area contributed by atoms with Crippen LogP contribution in [0.15, 0.2) is 48.5 Å². The number of Topliss-reactive ketones (excluding diaryl/α,β-unsaturated/α-hetero) is 1. The van der Waals surface area contributed by atoms with Crippen molar-refractivity contribution >= 4 is 17.4 Å². The highest BCUT2D eigenvalue weighted by Gasteiger charge is 2.65. The zero-order valence-corrected chi connectivity index (χ0v) is 10.9. The van der Waals surface area contributed by atoms with E-state index >= 15 is 0 Å². The van der Waals surface area contributed by atoms with Crippen LogP contribution in [0.2, 0.25) is 5.02 Å². The Labute approximate surface area is 116 Å². The molecule has 1 fully saturated rings. The first kappa shape index (κ1) is 11.2. The van der Waals surface area contributed by atoms with Crippen LogP contribution < -0.4 is 0 Å². The van der Waals surface area contributed by atoms with E-state index < -0.39 is 5.60 Å². The summed E-state index contributed by atoms with van der Waals surface area (Å²) in [7, 11) is 0. The van der Waals surface area contributed by atoms with E-state index in [0.29, 0.717) is 11.4 Å². The molecule has 0 bridgehead atoms.